The number of halogens is 3. The number of aromatic nitrogens is 2. The van der Waals surface area contributed by atoms with Gasteiger partial charge in [0.25, 0.3) is 0 Å². The number of rotatable bonds is 5. The van der Waals surface area contributed by atoms with Gasteiger partial charge in [-0.15, -0.1) is 11.3 Å². The smallest absolute Gasteiger partial charge is 0.313 e. The van der Waals surface area contributed by atoms with Gasteiger partial charge in [0.1, 0.15) is 10.4 Å². The second-order valence-corrected chi connectivity index (χ2v) is 8.87. The zero-order valence-corrected chi connectivity index (χ0v) is 18.6. The Morgan fingerprint density at radius 2 is 1.32 bits per heavy atom. The lowest BCUT2D eigenvalue weighted by Crippen LogP contribution is -2.43. The fourth-order valence-corrected chi connectivity index (χ4v) is 5.39. The maximum absolute atomic E-state index is 13.4. The number of aromatic amines is 1. The number of thiophene rings is 1. The Morgan fingerprint density at radius 1 is 0.735 bits per heavy atom. The van der Waals surface area contributed by atoms with Crippen molar-refractivity contribution in [2.45, 2.75) is 11.7 Å². The molecule has 2 heterocycles. The Kier molecular flexibility index (Phi) is 5.49. The van der Waals surface area contributed by atoms with Crippen LogP contribution in [0.15, 0.2) is 114 Å². The summed E-state index contributed by atoms with van der Waals surface area (Å²) in [6.07, 6.45) is -1.18. The highest BCUT2D eigenvalue weighted by molar-refractivity contribution is 7.15. The summed E-state index contributed by atoms with van der Waals surface area (Å²) in [6.45, 7) is 0. The molecule has 0 amide bonds. The van der Waals surface area contributed by atoms with E-state index in [1.807, 2.05) is 72.8 Å². The Morgan fingerprint density at radius 3 is 1.85 bits per heavy atom. The number of nitrogens with one attached hydrogen (secondary N) is 1. The summed E-state index contributed by atoms with van der Waals surface area (Å²) < 4.78 is 41.9. The van der Waals surface area contributed by atoms with Crippen molar-refractivity contribution in [3.63, 3.8) is 0 Å². The molecule has 0 saturated carbocycles. The molecule has 0 saturated heterocycles. The van der Waals surface area contributed by atoms with Gasteiger partial charge >= 0.3 is 11.9 Å². The van der Waals surface area contributed by atoms with Crippen molar-refractivity contribution < 1.29 is 13.2 Å². The first kappa shape index (κ1) is 22.0. The van der Waals surface area contributed by atoms with Gasteiger partial charge < -0.3 is 4.98 Å². The highest BCUT2D eigenvalue weighted by Crippen LogP contribution is 2.46. The molecule has 1 N–H and O–H groups in total. The van der Waals surface area contributed by atoms with Gasteiger partial charge in [-0.2, -0.15) is 13.2 Å². The van der Waals surface area contributed by atoms with Crippen LogP contribution in [0, 0.1) is 0 Å². The molecule has 34 heavy (non-hydrogen) atoms. The van der Waals surface area contributed by atoms with Gasteiger partial charge in [0.15, 0.2) is 0 Å². The molecule has 2 aromatic heterocycles. The zero-order chi connectivity index (χ0) is 23.8. The predicted octanol–water partition coefficient (Wildman–Crippen LogP) is 6.76. The lowest BCUT2D eigenvalue weighted by Gasteiger charge is -2.38. The SMILES string of the molecule is O=c1[nH]ccn1C(c1ccccc1)(c1ccccc1)c1ccccc1-c1ccc(C(F)(F)F)s1. The number of H-pyrrole nitrogens is 1. The van der Waals surface area contributed by atoms with Gasteiger partial charge in [-0.3, -0.25) is 4.57 Å². The van der Waals surface area contributed by atoms with Crippen LogP contribution < -0.4 is 5.69 Å². The number of hydrogen-bond donors (Lipinski definition) is 1. The van der Waals surface area contributed by atoms with E-state index in [1.165, 1.54) is 6.07 Å². The van der Waals surface area contributed by atoms with Gasteiger partial charge in [0.2, 0.25) is 0 Å². The second kappa shape index (κ2) is 8.50. The molecule has 3 aromatic carbocycles. The van der Waals surface area contributed by atoms with Crippen molar-refractivity contribution in [2.75, 3.05) is 0 Å². The summed E-state index contributed by atoms with van der Waals surface area (Å²) >= 11 is 0.695. The van der Waals surface area contributed by atoms with Crippen LogP contribution in [0.25, 0.3) is 10.4 Å². The minimum atomic E-state index is -4.43. The molecule has 0 radical (unpaired) electrons. The Hall–Kier alpha value is -3.84. The highest BCUT2D eigenvalue weighted by Gasteiger charge is 2.41. The van der Waals surface area contributed by atoms with Crippen LogP contribution in [0.4, 0.5) is 13.2 Å². The van der Waals surface area contributed by atoms with E-state index in [9.17, 15) is 18.0 Å². The summed E-state index contributed by atoms with van der Waals surface area (Å²) in [5.41, 5.74) is 1.49. The molecule has 3 nitrogen and oxygen atoms in total. The van der Waals surface area contributed by atoms with Crippen molar-refractivity contribution in [1.29, 1.82) is 0 Å². The van der Waals surface area contributed by atoms with E-state index in [1.54, 1.807) is 29.1 Å². The Bertz CT molecular complexity index is 1430. The molecule has 0 aliphatic carbocycles. The van der Waals surface area contributed by atoms with Crippen molar-refractivity contribution in [2.24, 2.45) is 0 Å². The molecule has 0 aliphatic heterocycles. The summed E-state index contributed by atoms with van der Waals surface area (Å²) in [5, 5.41) is 0. The lowest BCUT2D eigenvalue weighted by molar-refractivity contribution is -0.134. The standard InChI is InChI=1S/C27H19F3N2OS/c28-27(29,30)24-16-15-23(34-24)21-13-7-8-14-22(21)26(19-9-3-1-4-10-19,20-11-5-2-6-12-20)32-18-17-31-25(32)33/h1-18H,(H,31,33). The van der Waals surface area contributed by atoms with Gasteiger partial charge in [-0.05, 0) is 34.4 Å². The first-order valence-electron chi connectivity index (χ1n) is 10.6. The number of benzene rings is 3. The van der Waals surface area contributed by atoms with E-state index in [-0.39, 0.29) is 5.69 Å². The molecule has 5 aromatic rings. The van der Waals surface area contributed by atoms with Gasteiger partial charge in [-0.25, -0.2) is 4.79 Å². The van der Waals surface area contributed by atoms with Gasteiger partial charge in [0, 0.05) is 17.3 Å². The average molecular weight is 477 g/mol. The lowest BCUT2D eigenvalue weighted by atomic mass is 9.74. The average Bonchev–Trinajstić information content (AvgIpc) is 3.52. The topological polar surface area (TPSA) is 37.8 Å². The van der Waals surface area contributed by atoms with Gasteiger partial charge in [0.05, 0.1) is 0 Å². The summed E-state index contributed by atoms with van der Waals surface area (Å²) in [7, 11) is 0. The second-order valence-electron chi connectivity index (χ2n) is 7.78. The normalized spacial score (nSPS) is 12.1. The van der Waals surface area contributed by atoms with Crippen LogP contribution in [0.1, 0.15) is 21.6 Å². The van der Waals surface area contributed by atoms with E-state index in [2.05, 4.69) is 4.98 Å². The molecule has 0 unspecified atom stereocenters. The monoisotopic (exact) mass is 476 g/mol. The molecular formula is C27H19F3N2OS. The third-order valence-corrected chi connectivity index (χ3v) is 7.02. The third kappa shape index (κ3) is 3.58. The minimum absolute atomic E-state index is 0.329. The fraction of sp³-hybridized carbons (Fsp3) is 0.0741. The molecule has 0 aliphatic rings. The summed E-state index contributed by atoms with van der Waals surface area (Å²) in [5.74, 6) is 0. The van der Waals surface area contributed by atoms with Crippen LogP contribution in [0.2, 0.25) is 0 Å². The highest BCUT2D eigenvalue weighted by atomic mass is 32.1. The van der Waals surface area contributed by atoms with E-state index >= 15 is 0 Å². The Balaban J connectivity index is 1.90. The van der Waals surface area contributed by atoms with E-state index in [0.29, 0.717) is 27.3 Å². The van der Waals surface area contributed by atoms with Crippen molar-refractivity contribution >= 4 is 11.3 Å². The van der Waals surface area contributed by atoms with Crippen LogP contribution in [-0.2, 0) is 11.7 Å². The summed E-state index contributed by atoms with van der Waals surface area (Å²) in [6, 6.07) is 29.0. The number of nitrogens with zero attached hydrogens (tertiary/aromatic N) is 1. The minimum Gasteiger partial charge on any atom is -0.313 e. The van der Waals surface area contributed by atoms with Crippen LogP contribution >= 0.6 is 11.3 Å². The van der Waals surface area contributed by atoms with E-state index in [4.69, 9.17) is 0 Å². The molecule has 170 valence electrons. The molecule has 0 spiro atoms. The number of imidazole rings is 1. The Labute approximate surface area is 197 Å². The van der Waals surface area contributed by atoms with Gasteiger partial charge in [-0.1, -0.05) is 84.9 Å². The largest absolute Gasteiger partial charge is 0.425 e. The maximum Gasteiger partial charge on any atom is 0.425 e. The van der Waals surface area contributed by atoms with Crippen LogP contribution in [0.5, 0.6) is 0 Å². The number of alkyl halides is 3. The third-order valence-electron chi connectivity index (χ3n) is 5.86. The van der Waals surface area contributed by atoms with Crippen molar-refractivity contribution in [3.8, 4) is 10.4 Å². The van der Waals surface area contributed by atoms with Crippen LogP contribution in [0.3, 0.4) is 0 Å². The van der Waals surface area contributed by atoms with E-state index in [0.717, 1.165) is 17.2 Å². The van der Waals surface area contributed by atoms with Crippen molar-refractivity contribution in [1.82, 2.24) is 9.55 Å². The predicted molar refractivity (Wildman–Crippen MR) is 128 cm³/mol. The molecule has 7 heteroatoms. The molecule has 0 bridgehead atoms. The molecular weight excluding hydrogens is 457 g/mol. The quantitative estimate of drug-likeness (QED) is 0.280. The van der Waals surface area contributed by atoms with E-state index < -0.39 is 16.6 Å². The summed E-state index contributed by atoms with van der Waals surface area (Å²) in [4.78, 5) is 15.7. The first-order valence-corrected chi connectivity index (χ1v) is 11.4. The zero-order valence-electron chi connectivity index (χ0n) is 17.8. The maximum atomic E-state index is 13.4. The number of hydrogen-bond acceptors (Lipinski definition) is 2. The fourth-order valence-electron chi connectivity index (χ4n) is 4.48. The molecule has 0 fully saturated rings. The van der Waals surface area contributed by atoms with Crippen molar-refractivity contribution in [3.05, 3.63) is 142 Å². The molecule has 0 atom stereocenters. The molecule has 5 rings (SSSR count). The van der Waals surface area contributed by atoms with Crippen LogP contribution in [-0.4, -0.2) is 9.55 Å². The first-order chi connectivity index (χ1) is 16.4.